The molecule has 0 aliphatic carbocycles. The van der Waals surface area contributed by atoms with E-state index in [1.807, 2.05) is 4.98 Å². The number of aromatic amines is 1. The van der Waals surface area contributed by atoms with Crippen molar-refractivity contribution in [2.45, 2.75) is 31.8 Å². The number of esters is 1. The fourth-order valence-electron chi connectivity index (χ4n) is 2.10. The number of nitrogens with one attached hydrogen (secondary N) is 1. The van der Waals surface area contributed by atoms with Crippen molar-refractivity contribution in [1.82, 2.24) is 9.55 Å². The SMILES string of the molecule is CCOC(=O)c1cn([C@@H]2C[C@@H](O)[C@H](CO)O2)c(=O)[nH]c1=O. The zero-order valence-electron chi connectivity index (χ0n) is 11.3. The summed E-state index contributed by atoms with van der Waals surface area (Å²) in [4.78, 5) is 37.0. The number of carbonyl (C=O) groups is 1. The molecule has 116 valence electrons. The van der Waals surface area contributed by atoms with Gasteiger partial charge in [-0.15, -0.1) is 0 Å². The number of H-pyrrole nitrogens is 1. The molecule has 0 aromatic carbocycles. The smallest absolute Gasteiger partial charge is 0.345 e. The second kappa shape index (κ2) is 6.20. The Kier molecular flexibility index (Phi) is 4.56. The number of aromatic nitrogens is 2. The third kappa shape index (κ3) is 3.04. The van der Waals surface area contributed by atoms with E-state index >= 15 is 0 Å². The highest BCUT2D eigenvalue weighted by molar-refractivity contribution is 5.88. The minimum absolute atomic E-state index is 0.0550. The molecule has 0 amide bonds. The molecule has 1 aliphatic heterocycles. The maximum atomic E-state index is 11.8. The van der Waals surface area contributed by atoms with E-state index < -0.39 is 42.3 Å². The Morgan fingerprint density at radius 1 is 1.57 bits per heavy atom. The summed E-state index contributed by atoms with van der Waals surface area (Å²) in [7, 11) is 0. The summed E-state index contributed by atoms with van der Waals surface area (Å²) in [5.41, 5.74) is -1.96. The molecule has 0 bridgehead atoms. The van der Waals surface area contributed by atoms with Crippen LogP contribution in [-0.4, -0.2) is 51.2 Å². The second-order valence-corrected chi connectivity index (χ2v) is 4.54. The molecule has 0 unspecified atom stereocenters. The van der Waals surface area contributed by atoms with Gasteiger partial charge in [0.1, 0.15) is 17.9 Å². The van der Waals surface area contributed by atoms with Gasteiger partial charge in [-0.2, -0.15) is 0 Å². The molecule has 1 aliphatic rings. The van der Waals surface area contributed by atoms with Crippen molar-refractivity contribution in [2.75, 3.05) is 13.2 Å². The van der Waals surface area contributed by atoms with Crippen LogP contribution in [0.2, 0.25) is 0 Å². The highest BCUT2D eigenvalue weighted by atomic mass is 16.5. The summed E-state index contributed by atoms with van der Waals surface area (Å²) in [6.07, 6.45) is -1.55. The third-order valence-electron chi connectivity index (χ3n) is 3.16. The van der Waals surface area contributed by atoms with Gasteiger partial charge in [0.2, 0.25) is 0 Å². The number of aliphatic hydroxyl groups is 2. The maximum Gasteiger partial charge on any atom is 0.345 e. The molecule has 1 fully saturated rings. The summed E-state index contributed by atoms with van der Waals surface area (Å²) in [6.45, 7) is 1.27. The van der Waals surface area contributed by atoms with Crippen molar-refractivity contribution < 1.29 is 24.5 Å². The van der Waals surface area contributed by atoms with Crippen LogP contribution >= 0.6 is 0 Å². The van der Waals surface area contributed by atoms with Gasteiger partial charge in [0.05, 0.1) is 19.3 Å². The van der Waals surface area contributed by atoms with Crippen LogP contribution < -0.4 is 11.2 Å². The van der Waals surface area contributed by atoms with Crippen LogP contribution in [0.4, 0.5) is 0 Å². The average Bonchev–Trinajstić information content (AvgIpc) is 2.80. The molecule has 21 heavy (non-hydrogen) atoms. The normalized spacial score (nSPS) is 25.0. The van der Waals surface area contributed by atoms with Crippen molar-refractivity contribution in [1.29, 1.82) is 0 Å². The van der Waals surface area contributed by atoms with E-state index in [1.165, 1.54) is 0 Å². The fourth-order valence-corrected chi connectivity index (χ4v) is 2.10. The lowest BCUT2D eigenvalue weighted by Gasteiger charge is -2.15. The van der Waals surface area contributed by atoms with E-state index in [-0.39, 0.29) is 18.6 Å². The maximum absolute atomic E-state index is 11.8. The van der Waals surface area contributed by atoms with E-state index in [9.17, 15) is 19.5 Å². The molecule has 1 aromatic heterocycles. The number of aliphatic hydroxyl groups excluding tert-OH is 2. The lowest BCUT2D eigenvalue weighted by atomic mass is 10.2. The van der Waals surface area contributed by atoms with Crippen molar-refractivity contribution in [2.24, 2.45) is 0 Å². The predicted molar refractivity (Wildman–Crippen MR) is 68.9 cm³/mol. The van der Waals surface area contributed by atoms with Crippen molar-refractivity contribution >= 4 is 5.97 Å². The number of carbonyl (C=O) groups excluding carboxylic acids is 1. The predicted octanol–water partition coefficient (Wildman–Crippen LogP) is -1.65. The number of ether oxygens (including phenoxy) is 2. The zero-order chi connectivity index (χ0) is 15.6. The van der Waals surface area contributed by atoms with Crippen molar-refractivity contribution in [3.05, 3.63) is 32.6 Å². The van der Waals surface area contributed by atoms with Crippen LogP contribution in [0.3, 0.4) is 0 Å². The molecule has 3 N–H and O–H groups in total. The Morgan fingerprint density at radius 2 is 2.29 bits per heavy atom. The monoisotopic (exact) mass is 300 g/mol. The number of rotatable bonds is 4. The summed E-state index contributed by atoms with van der Waals surface area (Å²) in [6, 6.07) is 0. The summed E-state index contributed by atoms with van der Waals surface area (Å²) in [5, 5.41) is 18.7. The van der Waals surface area contributed by atoms with Crippen LogP contribution in [0.15, 0.2) is 15.8 Å². The molecule has 9 nitrogen and oxygen atoms in total. The van der Waals surface area contributed by atoms with Crippen LogP contribution in [0.5, 0.6) is 0 Å². The molecular formula is C12H16N2O7. The van der Waals surface area contributed by atoms with Crippen LogP contribution in [-0.2, 0) is 9.47 Å². The quantitative estimate of drug-likeness (QED) is 0.568. The summed E-state index contributed by atoms with van der Waals surface area (Å²) >= 11 is 0. The Hall–Kier alpha value is -1.97. The topological polar surface area (TPSA) is 131 Å². The standard InChI is InChI=1S/C12H16N2O7/c1-2-20-11(18)6-4-14(12(19)13-10(6)17)9-3-7(16)8(5-15)21-9/h4,7-9,15-16H,2-3,5H2,1H3,(H,13,17,19)/t7-,8+,9+/m1/s1. The summed E-state index contributed by atoms with van der Waals surface area (Å²) in [5.74, 6) is -0.857. The lowest BCUT2D eigenvalue weighted by molar-refractivity contribution is -0.0460. The molecule has 0 saturated carbocycles. The van der Waals surface area contributed by atoms with Gasteiger partial charge in [0.25, 0.3) is 5.56 Å². The Labute approximate surface area is 118 Å². The lowest BCUT2D eigenvalue weighted by Crippen LogP contribution is -2.36. The Bertz CT molecular complexity index is 635. The first-order valence-corrected chi connectivity index (χ1v) is 6.44. The first-order valence-electron chi connectivity index (χ1n) is 6.44. The minimum atomic E-state index is -0.940. The van der Waals surface area contributed by atoms with Crippen LogP contribution in [0.1, 0.15) is 29.9 Å². The van der Waals surface area contributed by atoms with Gasteiger partial charge in [-0.1, -0.05) is 0 Å². The van der Waals surface area contributed by atoms with Gasteiger partial charge in [-0.3, -0.25) is 14.3 Å². The van der Waals surface area contributed by atoms with E-state index in [1.54, 1.807) is 6.92 Å². The zero-order valence-corrected chi connectivity index (χ0v) is 11.3. The number of nitrogens with zero attached hydrogens (tertiary/aromatic N) is 1. The van der Waals surface area contributed by atoms with Crippen molar-refractivity contribution in [3.63, 3.8) is 0 Å². The summed E-state index contributed by atoms with van der Waals surface area (Å²) < 4.78 is 11.0. The fraction of sp³-hybridized carbons (Fsp3) is 0.583. The first kappa shape index (κ1) is 15.4. The van der Waals surface area contributed by atoms with Gasteiger partial charge >= 0.3 is 11.7 Å². The molecule has 2 heterocycles. The second-order valence-electron chi connectivity index (χ2n) is 4.54. The highest BCUT2D eigenvalue weighted by Gasteiger charge is 2.35. The van der Waals surface area contributed by atoms with Gasteiger partial charge in [0, 0.05) is 12.6 Å². The highest BCUT2D eigenvalue weighted by Crippen LogP contribution is 2.27. The van der Waals surface area contributed by atoms with E-state index in [2.05, 4.69) is 0 Å². The van der Waals surface area contributed by atoms with Crippen LogP contribution in [0, 0.1) is 0 Å². The molecule has 9 heteroatoms. The minimum Gasteiger partial charge on any atom is -0.462 e. The van der Waals surface area contributed by atoms with E-state index in [0.29, 0.717) is 0 Å². The molecule has 0 radical (unpaired) electrons. The van der Waals surface area contributed by atoms with Crippen LogP contribution in [0.25, 0.3) is 0 Å². The molecule has 0 spiro atoms. The molecule has 2 rings (SSSR count). The third-order valence-corrected chi connectivity index (χ3v) is 3.16. The van der Waals surface area contributed by atoms with Gasteiger partial charge in [-0.25, -0.2) is 9.59 Å². The van der Waals surface area contributed by atoms with Gasteiger partial charge in [0.15, 0.2) is 0 Å². The van der Waals surface area contributed by atoms with Crippen molar-refractivity contribution in [3.8, 4) is 0 Å². The first-order chi connectivity index (χ1) is 9.97. The molecule has 3 atom stereocenters. The molecular weight excluding hydrogens is 284 g/mol. The average molecular weight is 300 g/mol. The molecule has 1 aromatic rings. The Balaban J connectivity index is 2.37. The number of hydrogen-bond donors (Lipinski definition) is 3. The number of hydrogen-bond acceptors (Lipinski definition) is 7. The largest absolute Gasteiger partial charge is 0.462 e. The molecule has 1 saturated heterocycles. The van der Waals surface area contributed by atoms with E-state index in [0.717, 1.165) is 10.8 Å². The van der Waals surface area contributed by atoms with Gasteiger partial charge < -0.3 is 19.7 Å². The Morgan fingerprint density at radius 3 is 2.86 bits per heavy atom. The van der Waals surface area contributed by atoms with E-state index in [4.69, 9.17) is 14.6 Å². The van der Waals surface area contributed by atoms with Gasteiger partial charge in [-0.05, 0) is 6.92 Å².